The first-order valence-electron chi connectivity index (χ1n) is 5.73. The van der Waals surface area contributed by atoms with E-state index in [1.807, 2.05) is 34.4 Å². The van der Waals surface area contributed by atoms with Crippen LogP contribution >= 0.6 is 34.4 Å². The molecule has 1 aliphatic rings. The van der Waals surface area contributed by atoms with Gasteiger partial charge in [0, 0.05) is 30.2 Å². The zero-order valence-corrected chi connectivity index (χ0v) is 12.7. The SMILES string of the molecule is CCC1CN(c2cc(F)c(I)cc2N)CCS1. The van der Waals surface area contributed by atoms with Gasteiger partial charge < -0.3 is 10.6 Å². The van der Waals surface area contributed by atoms with E-state index < -0.39 is 0 Å². The Morgan fingerprint density at radius 3 is 3.06 bits per heavy atom. The van der Waals surface area contributed by atoms with E-state index in [9.17, 15) is 4.39 Å². The number of anilines is 2. The van der Waals surface area contributed by atoms with Crippen molar-refractivity contribution in [3.8, 4) is 0 Å². The van der Waals surface area contributed by atoms with Crippen LogP contribution in [0.2, 0.25) is 0 Å². The van der Waals surface area contributed by atoms with Gasteiger partial charge in [0.2, 0.25) is 0 Å². The number of halogens is 2. The van der Waals surface area contributed by atoms with Gasteiger partial charge in [0.05, 0.1) is 14.9 Å². The standard InChI is InChI=1S/C12H16FIN2S/c1-2-8-7-16(3-4-17-8)12-5-9(13)10(14)6-11(12)15/h5-6,8H,2-4,7,15H2,1H3. The van der Waals surface area contributed by atoms with Gasteiger partial charge in [-0.2, -0.15) is 11.8 Å². The van der Waals surface area contributed by atoms with E-state index in [1.165, 1.54) is 0 Å². The molecule has 1 heterocycles. The lowest BCUT2D eigenvalue weighted by atomic mass is 10.2. The minimum atomic E-state index is -0.180. The van der Waals surface area contributed by atoms with E-state index in [-0.39, 0.29) is 5.82 Å². The number of nitrogen functional groups attached to an aromatic ring is 1. The van der Waals surface area contributed by atoms with Crippen LogP contribution < -0.4 is 10.6 Å². The molecular formula is C12H16FIN2S. The Labute approximate surface area is 119 Å². The average Bonchev–Trinajstić information content (AvgIpc) is 2.34. The van der Waals surface area contributed by atoms with Crippen molar-refractivity contribution in [3.05, 3.63) is 21.5 Å². The normalized spacial score (nSPS) is 20.6. The summed E-state index contributed by atoms with van der Waals surface area (Å²) in [5.74, 6) is 0.909. The summed E-state index contributed by atoms with van der Waals surface area (Å²) in [5.41, 5.74) is 7.52. The summed E-state index contributed by atoms with van der Waals surface area (Å²) >= 11 is 3.97. The summed E-state index contributed by atoms with van der Waals surface area (Å²) in [5, 5.41) is 0.630. The Kier molecular flexibility index (Phi) is 4.41. The molecule has 94 valence electrons. The third-order valence-electron chi connectivity index (χ3n) is 3.00. The molecule has 5 heteroatoms. The second kappa shape index (κ2) is 5.65. The summed E-state index contributed by atoms with van der Waals surface area (Å²) in [6.07, 6.45) is 1.15. The highest BCUT2D eigenvalue weighted by atomic mass is 127. The second-order valence-corrected chi connectivity index (χ2v) is 6.74. The first kappa shape index (κ1) is 13.3. The number of hydrogen-bond acceptors (Lipinski definition) is 3. The third-order valence-corrected chi connectivity index (χ3v) is 5.20. The van der Waals surface area contributed by atoms with Crippen LogP contribution in [0.15, 0.2) is 12.1 Å². The van der Waals surface area contributed by atoms with Gasteiger partial charge in [0.25, 0.3) is 0 Å². The maximum absolute atomic E-state index is 13.6. The van der Waals surface area contributed by atoms with Gasteiger partial charge in [-0.25, -0.2) is 4.39 Å². The molecule has 2 nitrogen and oxygen atoms in total. The van der Waals surface area contributed by atoms with E-state index >= 15 is 0 Å². The van der Waals surface area contributed by atoms with Crippen molar-refractivity contribution in [1.82, 2.24) is 0 Å². The van der Waals surface area contributed by atoms with Crippen LogP contribution in [0.3, 0.4) is 0 Å². The zero-order valence-electron chi connectivity index (χ0n) is 9.75. The van der Waals surface area contributed by atoms with Gasteiger partial charge in [-0.15, -0.1) is 0 Å². The second-order valence-electron chi connectivity index (χ2n) is 4.17. The fourth-order valence-electron chi connectivity index (χ4n) is 2.01. The number of thioether (sulfide) groups is 1. The van der Waals surface area contributed by atoms with Crippen LogP contribution in [-0.2, 0) is 0 Å². The molecule has 2 N–H and O–H groups in total. The van der Waals surface area contributed by atoms with Crippen molar-refractivity contribution < 1.29 is 4.39 Å². The maximum Gasteiger partial charge on any atom is 0.138 e. The van der Waals surface area contributed by atoms with Crippen LogP contribution in [0.25, 0.3) is 0 Å². The molecule has 1 saturated heterocycles. The summed E-state index contributed by atoms with van der Waals surface area (Å²) in [6, 6.07) is 3.29. The van der Waals surface area contributed by atoms with E-state index in [4.69, 9.17) is 5.73 Å². The molecule has 2 rings (SSSR count). The van der Waals surface area contributed by atoms with Gasteiger partial charge in [-0.3, -0.25) is 0 Å². The van der Waals surface area contributed by atoms with Crippen LogP contribution in [0, 0.1) is 9.39 Å². The van der Waals surface area contributed by atoms with Crippen LogP contribution in [0.4, 0.5) is 15.8 Å². The fraction of sp³-hybridized carbons (Fsp3) is 0.500. The van der Waals surface area contributed by atoms with Crippen molar-refractivity contribution in [2.45, 2.75) is 18.6 Å². The average molecular weight is 366 g/mol. The molecular weight excluding hydrogens is 350 g/mol. The predicted octanol–water partition coefficient (Wildman–Crippen LogP) is 3.34. The molecule has 0 radical (unpaired) electrons. The Morgan fingerprint density at radius 2 is 2.35 bits per heavy atom. The Balaban J connectivity index is 2.24. The predicted molar refractivity (Wildman–Crippen MR) is 82.3 cm³/mol. The Hall–Kier alpha value is -0.170. The zero-order chi connectivity index (χ0) is 12.4. The van der Waals surface area contributed by atoms with Crippen molar-refractivity contribution in [2.24, 2.45) is 0 Å². The molecule has 17 heavy (non-hydrogen) atoms. The van der Waals surface area contributed by atoms with Crippen molar-refractivity contribution >= 4 is 45.7 Å². The highest BCUT2D eigenvalue weighted by molar-refractivity contribution is 14.1. The molecule has 1 fully saturated rings. The Morgan fingerprint density at radius 1 is 1.59 bits per heavy atom. The van der Waals surface area contributed by atoms with E-state index in [0.29, 0.717) is 14.5 Å². The van der Waals surface area contributed by atoms with Gasteiger partial charge in [-0.05, 0) is 35.1 Å². The summed E-state index contributed by atoms with van der Waals surface area (Å²) in [6.45, 7) is 4.11. The van der Waals surface area contributed by atoms with Gasteiger partial charge in [0.1, 0.15) is 5.82 Å². The third kappa shape index (κ3) is 2.99. The molecule has 0 saturated carbocycles. The summed E-state index contributed by atoms with van der Waals surface area (Å²) in [7, 11) is 0. The number of benzene rings is 1. The maximum atomic E-state index is 13.6. The monoisotopic (exact) mass is 366 g/mol. The minimum Gasteiger partial charge on any atom is -0.397 e. The largest absolute Gasteiger partial charge is 0.397 e. The molecule has 1 unspecified atom stereocenters. The highest BCUT2D eigenvalue weighted by Gasteiger charge is 2.21. The lowest BCUT2D eigenvalue weighted by Crippen LogP contribution is -2.38. The molecule has 0 bridgehead atoms. The van der Waals surface area contributed by atoms with Gasteiger partial charge in [-0.1, -0.05) is 6.92 Å². The van der Waals surface area contributed by atoms with Gasteiger partial charge in [0.15, 0.2) is 0 Å². The van der Waals surface area contributed by atoms with Crippen LogP contribution in [0.5, 0.6) is 0 Å². The number of nitrogens with zero attached hydrogens (tertiary/aromatic N) is 1. The molecule has 0 spiro atoms. The number of nitrogens with two attached hydrogens (primary N) is 1. The smallest absolute Gasteiger partial charge is 0.138 e. The van der Waals surface area contributed by atoms with E-state index in [1.54, 1.807) is 12.1 Å². The van der Waals surface area contributed by atoms with Crippen LogP contribution in [0.1, 0.15) is 13.3 Å². The first-order chi connectivity index (χ1) is 8.11. The Bertz CT molecular complexity index is 414. The minimum absolute atomic E-state index is 0.180. The number of rotatable bonds is 2. The quantitative estimate of drug-likeness (QED) is 0.643. The van der Waals surface area contributed by atoms with Gasteiger partial charge >= 0.3 is 0 Å². The first-order valence-corrected chi connectivity index (χ1v) is 7.85. The summed E-state index contributed by atoms with van der Waals surface area (Å²) in [4.78, 5) is 2.21. The lowest BCUT2D eigenvalue weighted by molar-refractivity contribution is 0.618. The molecule has 0 aliphatic carbocycles. The molecule has 1 aromatic carbocycles. The molecule has 1 atom stereocenters. The van der Waals surface area contributed by atoms with E-state index in [2.05, 4.69) is 11.8 Å². The molecule has 0 aromatic heterocycles. The van der Waals surface area contributed by atoms with Crippen molar-refractivity contribution in [1.29, 1.82) is 0 Å². The number of hydrogen-bond donors (Lipinski definition) is 1. The van der Waals surface area contributed by atoms with Crippen molar-refractivity contribution in [2.75, 3.05) is 29.5 Å². The lowest BCUT2D eigenvalue weighted by Gasteiger charge is -2.34. The topological polar surface area (TPSA) is 29.3 Å². The van der Waals surface area contributed by atoms with Crippen molar-refractivity contribution in [3.63, 3.8) is 0 Å². The fourth-order valence-corrected chi connectivity index (χ4v) is 3.68. The molecule has 1 aliphatic heterocycles. The molecule has 0 amide bonds. The molecule has 1 aromatic rings. The van der Waals surface area contributed by atoms with E-state index in [0.717, 1.165) is 31.0 Å². The highest BCUT2D eigenvalue weighted by Crippen LogP contribution is 2.31. The summed E-state index contributed by atoms with van der Waals surface area (Å²) < 4.78 is 14.2. The van der Waals surface area contributed by atoms with Crippen LogP contribution in [-0.4, -0.2) is 24.1 Å².